The van der Waals surface area contributed by atoms with Gasteiger partial charge in [-0.3, -0.25) is 4.79 Å². The molecular weight excluding hydrogens is 376 g/mol. The monoisotopic (exact) mass is 402 g/mol. The molecule has 0 aromatic heterocycles. The molecular formula is C21H27ClN4O2. The molecule has 150 valence electrons. The van der Waals surface area contributed by atoms with Crippen molar-refractivity contribution in [1.29, 1.82) is 0 Å². The quantitative estimate of drug-likeness (QED) is 0.551. The van der Waals surface area contributed by atoms with E-state index >= 15 is 0 Å². The van der Waals surface area contributed by atoms with Crippen LogP contribution in [0.2, 0.25) is 5.02 Å². The standard InChI is InChI=1S/C21H27ClN4O2/c1-15(17-7-9-18(22)10-8-17)25-21(24-14-20(27)26(2)3)23-13-16-5-11-19(28-4)12-6-16/h5-12,15H,13-14H2,1-4H3,(H2,23,24,25). The second-order valence-electron chi connectivity index (χ2n) is 6.57. The van der Waals surface area contributed by atoms with Crippen molar-refractivity contribution in [3.05, 3.63) is 64.7 Å². The number of amides is 1. The molecule has 0 aliphatic heterocycles. The fourth-order valence-corrected chi connectivity index (χ4v) is 2.54. The largest absolute Gasteiger partial charge is 0.497 e. The van der Waals surface area contributed by atoms with Gasteiger partial charge < -0.3 is 20.3 Å². The van der Waals surface area contributed by atoms with Crippen LogP contribution >= 0.6 is 11.6 Å². The molecule has 2 aromatic carbocycles. The smallest absolute Gasteiger partial charge is 0.241 e. The third-order valence-electron chi connectivity index (χ3n) is 4.21. The topological polar surface area (TPSA) is 66.0 Å². The SMILES string of the molecule is COc1ccc(CN=C(NCC(=O)N(C)C)NC(C)c2ccc(Cl)cc2)cc1. The number of guanidine groups is 1. The van der Waals surface area contributed by atoms with Crippen LogP contribution in [0, 0.1) is 0 Å². The molecule has 0 fully saturated rings. The lowest BCUT2D eigenvalue weighted by molar-refractivity contribution is -0.127. The summed E-state index contributed by atoms with van der Waals surface area (Å²) in [6.07, 6.45) is 0. The summed E-state index contributed by atoms with van der Waals surface area (Å²) in [5.41, 5.74) is 2.11. The highest BCUT2D eigenvalue weighted by atomic mass is 35.5. The second-order valence-corrected chi connectivity index (χ2v) is 7.01. The molecule has 0 aliphatic carbocycles. The predicted molar refractivity (Wildman–Crippen MR) is 114 cm³/mol. The summed E-state index contributed by atoms with van der Waals surface area (Å²) in [6.45, 7) is 2.67. The Kier molecular flexibility index (Phi) is 8.14. The fraction of sp³-hybridized carbons (Fsp3) is 0.333. The molecule has 0 saturated carbocycles. The molecule has 0 bridgehead atoms. The van der Waals surface area contributed by atoms with E-state index in [0.29, 0.717) is 17.5 Å². The van der Waals surface area contributed by atoms with Crippen LogP contribution in [0.15, 0.2) is 53.5 Å². The van der Waals surface area contributed by atoms with Gasteiger partial charge in [0.15, 0.2) is 5.96 Å². The summed E-state index contributed by atoms with van der Waals surface area (Å²) in [5, 5.41) is 7.14. The van der Waals surface area contributed by atoms with Gasteiger partial charge in [0.05, 0.1) is 26.2 Å². The maximum absolute atomic E-state index is 11.9. The number of likely N-dealkylation sites (N-methyl/N-ethyl adjacent to an activating group) is 1. The highest BCUT2D eigenvalue weighted by Crippen LogP contribution is 2.16. The number of carbonyl (C=O) groups excluding carboxylic acids is 1. The minimum Gasteiger partial charge on any atom is -0.497 e. The summed E-state index contributed by atoms with van der Waals surface area (Å²) in [5.74, 6) is 1.34. The van der Waals surface area contributed by atoms with Gasteiger partial charge in [-0.15, -0.1) is 0 Å². The van der Waals surface area contributed by atoms with Crippen molar-refractivity contribution in [2.75, 3.05) is 27.7 Å². The number of nitrogens with zero attached hydrogens (tertiary/aromatic N) is 2. The van der Waals surface area contributed by atoms with Crippen LogP contribution in [0.1, 0.15) is 24.1 Å². The van der Waals surface area contributed by atoms with E-state index in [1.54, 1.807) is 21.2 Å². The average Bonchev–Trinajstić information content (AvgIpc) is 2.70. The number of carbonyl (C=O) groups is 1. The number of benzene rings is 2. The third kappa shape index (κ3) is 6.78. The van der Waals surface area contributed by atoms with Crippen LogP contribution in [0.5, 0.6) is 5.75 Å². The number of nitrogens with one attached hydrogen (secondary N) is 2. The maximum Gasteiger partial charge on any atom is 0.241 e. The lowest BCUT2D eigenvalue weighted by atomic mass is 10.1. The lowest BCUT2D eigenvalue weighted by Gasteiger charge is -2.19. The molecule has 0 radical (unpaired) electrons. The minimum atomic E-state index is -0.0295. The Morgan fingerprint density at radius 3 is 2.36 bits per heavy atom. The molecule has 7 heteroatoms. The molecule has 6 nitrogen and oxygen atoms in total. The third-order valence-corrected chi connectivity index (χ3v) is 4.46. The lowest BCUT2D eigenvalue weighted by Crippen LogP contribution is -2.43. The highest BCUT2D eigenvalue weighted by Gasteiger charge is 2.10. The molecule has 0 spiro atoms. The van der Waals surface area contributed by atoms with Crippen LogP contribution in [-0.2, 0) is 11.3 Å². The first-order chi connectivity index (χ1) is 13.4. The van der Waals surface area contributed by atoms with E-state index < -0.39 is 0 Å². The first-order valence-corrected chi connectivity index (χ1v) is 9.40. The molecule has 2 rings (SSSR count). The van der Waals surface area contributed by atoms with E-state index in [2.05, 4.69) is 15.6 Å². The van der Waals surface area contributed by atoms with E-state index in [1.807, 2.05) is 55.5 Å². The normalized spacial score (nSPS) is 12.2. The van der Waals surface area contributed by atoms with Crippen LogP contribution in [0.4, 0.5) is 0 Å². The van der Waals surface area contributed by atoms with Gasteiger partial charge in [-0.05, 0) is 42.3 Å². The van der Waals surface area contributed by atoms with E-state index in [1.165, 1.54) is 4.90 Å². The average molecular weight is 403 g/mol. The molecule has 28 heavy (non-hydrogen) atoms. The number of ether oxygens (including phenoxy) is 1. The van der Waals surface area contributed by atoms with Crippen molar-refractivity contribution in [3.8, 4) is 5.75 Å². The van der Waals surface area contributed by atoms with Gasteiger partial charge >= 0.3 is 0 Å². The number of rotatable bonds is 7. The van der Waals surface area contributed by atoms with Crippen LogP contribution in [-0.4, -0.2) is 44.5 Å². The Morgan fingerprint density at radius 2 is 1.79 bits per heavy atom. The minimum absolute atomic E-state index is 0.00570. The zero-order chi connectivity index (χ0) is 20.5. The van der Waals surface area contributed by atoms with Crippen LogP contribution in [0.25, 0.3) is 0 Å². The molecule has 1 amide bonds. The van der Waals surface area contributed by atoms with Gasteiger partial charge in [0, 0.05) is 19.1 Å². The summed E-state index contributed by atoms with van der Waals surface area (Å²) in [7, 11) is 5.09. The number of aliphatic imine (C=N–C) groups is 1. The van der Waals surface area contributed by atoms with Gasteiger partial charge in [-0.25, -0.2) is 4.99 Å². The molecule has 0 saturated heterocycles. The number of hydrogen-bond acceptors (Lipinski definition) is 3. The highest BCUT2D eigenvalue weighted by molar-refractivity contribution is 6.30. The molecule has 2 N–H and O–H groups in total. The van der Waals surface area contributed by atoms with Crippen molar-refractivity contribution in [3.63, 3.8) is 0 Å². The van der Waals surface area contributed by atoms with Crippen molar-refractivity contribution < 1.29 is 9.53 Å². The molecule has 0 heterocycles. The molecule has 1 atom stereocenters. The Morgan fingerprint density at radius 1 is 1.14 bits per heavy atom. The van der Waals surface area contributed by atoms with Gasteiger partial charge in [-0.1, -0.05) is 35.9 Å². The molecule has 0 aliphatic rings. The zero-order valence-corrected chi connectivity index (χ0v) is 17.5. The van der Waals surface area contributed by atoms with Gasteiger partial charge in [-0.2, -0.15) is 0 Å². The van der Waals surface area contributed by atoms with E-state index in [4.69, 9.17) is 16.3 Å². The summed E-state index contributed by atoms with van der Waals surface area (Å²) < 4.78 is 5.18. The van der Waals surface area contributed by atoms with Crippen LogP contribution in [0.3, 0.4) is 0 Å². The summed E-state index contributed by atoms with van der Waals surface area (Å²) in [4.78, 5) is 18.1. The summed E-state index contributed by atoms with van der Waals surface area (Å²) >= 11 is 5.97. The predicted octanol–water partition coefficient (Wildman–Crippen LogP) is 3.23. The van der Waals surface area contributed by atoms with Crippen molar-refractivity contribution in [1.82, 2.24) is 15.5 Å². The fourth-order valence-electron chi connectivity index (χ4n) is 2.41. The Bertz CT molecular complexity index is 789. The Labute approximate surface area is 171 Å². The molecule has 2 aromatic rings. The van der Waals surface area contributed by atoms with Crippen molar-refractivity contribution in [2.24, 2.45) is 4.99 Å². The van der Waals surface area contributed by atoms with Gasteiger partial charge in [0.25, 0.3) is 0 Å². The van der Waals surface area contributed by atoms with Gasteiger partial charge in [0.1, 0.15) is 5.75 Å². The van der Waals surface area contributed by atoms with Crippen molar-refractivity contribution >= 4 is 23.5 Å². The number of hydrogen-bond donors (Lipinski definition) is 2. The first kappa shape index (κ1) is 21.6. The van der Waals surface area contributed by atoms with E-state index in [-0.39, 0.29) is 18.5 Å². The second kappa shape index (κ2) is 10.6. The van der Waals surface area contributed by atoms with E-state index in [0.717, 1.165) is 16.9 Å². The molecule has 1 unspecified atom stereocenters. The van der Waals surface area contributed by atoms with Crippen LogP contribution < -0.4 is 15.4 Å². The van der Waals surface area contributed by atoms with Crippen molar-refractivity contribution in [2.45, 2.75) is 19.5 Å². The number of methoxy groups -OCH3 is 1. The number of halogens is 1. The van der Waals surface area contributed by atoms with E-state index in [9.17, 15) is 4.79 Å². The zero-order valence-electron chi connectivity index (χ0n) is 16.7. The Hall–Kier alpha value is -2.73. The maximum atomic E-state index is 11.9. The first-order valence-electron chi connectivity index (χ1n) is 9.02. The summed E-state index contributed by atoms with van der Waals surface area (Å²) in [6, 6.07) is 15.4. The van der Waals surface area contributed by atoms with Gasteiger partial charge in [0.2, 0.25) is 5.91 Å². The Balaban J connectivity index is 2.09.